The molecule has 2 saturated carbocycles. The third-order valence-electron chi connectivity index (χ3n) is 5.60. The van der Waals surface area contributed by atoms with Gasteiger partial charge in [-0.1, -0.05) is 79.8 Å². The molecule has 4 nitrogen and oxygen atoms in total. The molecule has 2 aliphatic rings. The molecule has 4 rings (SSSR count). The maximum absolute atomic E-state index is 12.2. The summed E-state index contributed by atoms with van der Waals surface area (Å²) in [7, 11) is 0. The predicted molar refractivity (Wildman–Crippen MR) is 128 cm³/mol. The van der Waals surface area contributed by atoms with E-state index in [1.54, 1.807) is 24.3 Å². The van der Waals surface area contributed by atoms with Crippen LogP contribution in [0, 0.1) is 0 Å². The Morgan fingerprint density at radius 1 is 0.839 bits per heavy atom. The van der Waals surface area contributed by atoms with Gasteiger partial charge in [0.15, 0.2) is 11.6 Å². The highest BCUT2D eigenvalue weighted by molar-refractivity contribution is 6.32. The van der Waals surface area contributed by atoms with Crippen LogP contribution in [0.5, 0.6) is 0 Å². The first-order valence-corrected chi connectivity index (χ1v) is 10.6. The van der Waals surface area contributed by atoms with Crippen LogP contribution >= 0.6 is 23.2 Å². The lowest BCUT2D eigenvalue weighted by Crippen LogP contribution is -2.47. The summed E-state index contributed by atoms with van der Waals surface area (Å²) in [4.78, 5) is 24.3. The topological polar surface area (TPSA) is 86.2 Å². The second-order valence-electron chi connectivity index (χ2n) is 7.60. The number of hydrogen-bond donors (Lipinski definition) is 2. The largest absolute Gasteiger partial charge is 0.315 e. The van der Waals surface area contributed by atoms with Gasteiger partial charge in [0.25, 0.3) is 0 Å². The Bertz CT molecular complexity index is 1180. The summed E-state index contributed by atoms with van der Waals surface area (Å²) in [5.74, 6) is -0.782. The molecule has 6 heteroatoms. The molecule has 0 aliphatic heterocycles. The van der Waals surface area contributed by atoms with Crippen molar-refractivity contribution < 1.29 is 17.8 Å². The highest BCUT2D eigenvalue weighted by Gasteiger charge is 2.39. The van der Waals surface area contributed by atoms with E-state index in [2.05, 4.69) is 0 Å². The molecule has 2 aliphatic carbocycles. The van der Waals surface area contributed by atoms with Crippen LogP contribution in [0.1, 0.15) is 78.1 Å². The summed E-state index contributed by atoms with van der Waals surface area (Å²) < 4.78 is 46.2. The molecule has 2 aromatic rings. The molecule has 168 valence electrons. The molecule has 0 aromatic heterocycles. The van der Waals surface area contributed by atoms with E-state index in [0.29, 0.717) is 36.3 Å². The molecule has 0 radical (unpaired) electrons. The number of hydrogen-bond acceptors (Lipinski definition) is 4. The van der Waals surface area contributed by atoms with Gasteiger partial charge in [-0.25, -0.2) is 0 Å². The van der Waals surface area contributed by atoms with Crippen molar-refractivity contribution in [2.75, 3.05) is 0 Å². The summed E-state index contributed by atoms with van der Waals surface area (Å²) >= 11 is 12.1. The maximum Gasteiger partial charge on any atom is 0.157 e. The average molecular weight is 469 g/mol. The third kappa shape index (κ3) is 5.38. The van der Waals surface area contributed by atoms with E-state index < -0.39 is 35.3 Å². The van der Waals surface area contributed by atoms with Crippen LogP contribution < -0.4 is 11.5 Å². The van der Waals surface area contributed by atoms with Crippen molar-refractivity contribution in [3.05, 3.63) is 69.6 Å². The molecule has 0 bridgehead atoms. The number of Topliss-reactive ketones (excluding diaryl/α,β-unsaturated/α-hetero) is 2. The fraction of sp³-hybridized carbons (Fsp3) is 0.440. The van der Waals surface area contributed by atoms with Crippen molar-refractivity contribution in [3.8, 4) is 0 Å². The van der Waals surface area contributed by atoms with Gasteiger partial charge in [-0.2, -0.15) is 0 Å². The lowest BCUT2D eigenvalue weighted by Gasteiger charge is -2.32. The molecule has 0 amide bonds. The molecular weight excluding hydrogens is 431 g/mol. The van der Waals surface area contributed by atoms with Crippen molar-refractivity contribution in [3.63, 3.8) is 0 Å². The number of carbonyl (C=O) groups is 2. The number of benzene rings is 2. The van der Waals surface area contributed by atoms with E-state index in [0.717, 1.165) is 12.8 Å². The van der Waals surface area contributed by atoms with Gasteiger partial charge in [-0.3, -0.25) is 9.59 Å². The number of nitrogens with two attached hydrogens (primary N) is 2. The van der Waals surface area contributed by atoms with Gasteiger partial charge in [0.1, 0.15) is 11.1 Å². The van der Waals surface area contributed by atoms with Gasteiger partial charge < -0.3 is 11.5 Å². The fourth-order valence-electron chi connectivity index (χ4n) is 3.84. The zero-order valence-corrected chi connectivity index (χ0v) is 18.0. The molecule has 2 unspecified atom stereocenters. The monoisotopic (exact) mass is 468 g/mol. The normalized spacial score (nSPS) is 30.2. The van der Waals surface area contributed by atoms with E-state index >= 15 is 0 Å². The minimum atomic E-state index is -1.85. The number of carbonyl (C=O) groups excluding carboxylic acids is 2. The fourth-order valence-corrected chi connectivity index (χ4v) is 4.41. The van der Waals surface area contributed by atoms with Crippen molar-refractivity contribution in [1.29, 1.82) is 0 Å². The summed E-state index contributed by atoms with van der Waals surface area (Å²) in [6.07, 6.45) is 1.56. The van der Waals surface area contributed by atoms with Crippen molar-refractivity contribution >= 4 is 34.8 Å². The second kappa shape index (κ2) is 10.7. The van der Waals surface area contributed by atoms with Crippen molar-refractivity contribution in [2.24, 2.45) is 11.5 Å². The van der Waals surface area contributed by atoms with E-state index in [1.807, 2.05) is 0 Å². The summed E-state index contributed by atoms with van der Waals surface area (Å²) in [6.45, 7) is 0. The number of rotatable bonds is 2. The number of halogens is 2. The molecule has 0 saturated heterocycles. The van der Waals surface area contributed by atoms with Crippen molar-refractivity contribution in [1.82, 2.24) is 0 Å². The third-order valence-corrected chi connectivity index (χ3v) is 6.22. The van der Waals surface area contributed by atoms with Gasteiger partial charge in [-0.05, 0) is 48.9 Å². The maximum atomic E-state index is 12.2. The minimum Gasteiger partial charge on any atom is -0.315 e. The van der Waals surface area contributed by atoms with Gasteiger partial charge in [0.05, 0.1) is 5.48 Å². The Labute approximate surface area is 203 Å². The quantitative estimate of drug-likeness (QED) is 0.573. The van der Waals surface area contributed by atoms with Crippen LogP contribution in [0.2, 0.25) is 10.0 Å². The first kappa shape index (κ1) is 17.8. The Morgan fingerprint density at radius 2 is 1.45 bits per heavy atom. The summed E-state index contributed by atoms with van der Waals surface area (Å²) in [6, 6.07) is 5.40. The van der Waals surface area contributed by atoms with E-state index in [9.17, 15) is 9.59 Å². The summed E-state index contributed by atoms with van der Waals surface area (Å²) in [5.41, 5.74) is 10.1. The molecule has 2 aromatic carbocycles. The van der Waals surface area contributed by atoms with Crippen LogP contribution in [0.4, 0.5) is 0 Å². The molecule has 2 fully saturated rings. The highest BCUT2D eigenvalue weighted by Crippen LogP contribution is 2.36. The van der Waals surface area contributed by atoms with Crippen LogP contribution in [0.3, 0.4) is 0 Å². The standard InChI is InChI=1S/2C12H14ClNO.CH4/c2*13-10-6-2-1-5-9(10)12(14)8-4-3-7-11(12)15;/h2*1-2,5-6H,3-4,7-8,14H2;1H4/i1D,2D,5D,6D;7D2;. The van der Waals surface area contributed by atoms with Crippen LogP contribution in [-0.2, 0) is 20.7 Å². The van der Waals surface area contributed by atoms with E-state index in [4.69, 9.17) is 42.9 Å². The Kier molecular flexibility index (Phi) is 6.16. The lowest BCUT2D eigenvalue weighted by atomic mass is 9.76. The first-order valence-electron chi connectivity index (χ1n) is 12.9. The van der Waals surface area contributed by atoms with Gasteiger partial charge in [0, 0.05) is 25.6 Å². The zero-order valence-electron chi connectivity index (χ0n) is 22.5. The molecule has 31 heavy (non-hydrogen) atoms. The molecule has 0 heterocycles. The molecule has 2 atom stereocenters. The molecule has 4 N–H and O–H groups in total. The average Bonchev–Trinajstić information content (AvgIpc) is 2.83. The zero-order chi connectivity index (χ0) is 27.1. The van der Waals surface area contributed by atoms with Gasteiger partial charge in [0.2, 0.25) is 0 Å². The molecule has 0 spiro atoms. The smallest absolute Gasteiger partial charge is 0.157 e. The molecular formula is C25H32Cl2N2O2. The highest BCUT2D eigenvalue weighted by atomic mass is 35.5. The van der Waals surface area contributed by atoms with Crippen LogP contribution in [-0.4, -0.2) is 11.6 Å². The first-order chi connectivity index (χ1) is 16.7. The Hall–Kier alpha value is -1.72. The van der Waals surface area contributed by atoms with Crippen LogP contribution in [0.15, 0.2) is 48.4 Å². The Balaban J connectivity index is 0.000000255. The lowest BCUT2D eigenvalue weighted by molar-refractivity contribution is -0.127. The SMILES string of the molecule is C.[2H]C1([2H])CCCC(N)(c2ccccc2Cl)C1=O.[2H]c1c([2H])c([2H])c(C2(N)CCCCC2=O)c(Cl)c1[2H]. The van der Waals surface area contributed by atoms with E-state index in [-0.39, 0.29) is 42.3 Å². The van der Waals surface area contributed by atoms with Crippen LogP contribution in [0.25, 0.3) is 0 Å². The van der Waals surface area contributed by atoms with Crippen molar-refractivity contribution in [2.45, 2.75) is 69.8 Å². The number of ketones is 2. The predicted octanol–water partition coefficient (Wildman–Crippen LogP) is 5.91. The summed E-state index contributed by atoms with van der Waals surface area (Å²) in [5, 5.41) is 0.268. The van der Waals surface area contributed by atoms with Gasteiger partial charge >= 0.3 is 0 Å². The van der Waals surface area contributed by atoms with E-state index in [1.165, 1.54) is 0 Å². The second-order valence-corrected chi connectivity index (χ2v) is 8.39. The minimum absolute atomic E-state index is 0. The van der Waals surface area contributed by atoms with Gasteiger partial charge in [-0.15, -0.1) is 0 Å². The Morgan fingerprint density at radius 3 is 2.16 bits per heavy atom.